The Morgan fingerprint density at radius 2 is 2.00 bits per heavy atom. The van der Waals surface area contributed by atoms with Gasteiger partial charge in [-0.3, -0.25) is 0 Å². The molecule has 0 aliphatic heterocycles. The van der Waals surface area contributed by atoms with Crippen molar-refractivity contribution in [2.45, 2.75) is 58.0 Å². The first-order valence-electron chi connectivity index (χ1n) is 7.96. The molecular weight excluding hydrogens is 286 g/mol. The van der Waals surface area contributed by atoms with Crippen molar-refractivity contribution in [1.82, 2.24) is 5.32 Å². The lowest BCUT2D eigenvalue weighted by atomic mass is 9.85. The van der Waals surface area contributed by atoms with Crippen LogP contribution in [0.4, 0.5) is 0 Å². The molecular formula is C17H26ClNO2. The van der Waals surface area contributed by atoms with E-state index in [2.05, 4.69) is 19.2 Å². The average molecular weight is 312 g/mol. The molecule has 3 nitrogen and oxygen atoms in total. The van der Waals surface area contributed by atoms with Crippen molar-refractivity contribution in [1.29, 1.82) is 0 Å². The molecule has 4 heteroatoms. The second-order valence-corrected chi connectivity index (χ2v) is 5.98. The summed E-state index contributed by atoms with van der Waals surface area (Å²) in [6.07, 6.45) is 3.52. The van der Waals surface area contributed by atoms with Gasteiger partial charge in [0.25, 0.3) is 0 Å². The molecule has 0 bridgehead atoms. The van der Waals surface area contributed by atoms with Crippen molar-refractivity contribution in [2.24, 2.45) is 0 Å². The first-order chi connectivity index (χ1) is 10.3. The number of hydrogen-bond donors (Lipinski definition) is 1. The van der Waals surface area contributed by atoms with Gasteiger partial charge in [0, 0.05) is 17.7 Å². The minimum Gasteiger partial charge on any atom is -0.374 e. The molecule has 0 spiro atoms. The van der Waals surface area contributed by atoms with Gasteiger partial charge in [-0.2, -0.15) is 0 Å². The molecule has 3 unspecified atom stereocenters. The molecule has 3 atom stereocenters. The molecule has 1 N–H and O–H groups in total. The number of benzene rings is 1. The van der Waals surface area contributed by atoms with Gasteiger partial charge in [0.05, 0.1) is 18.8 Å². The van der Waals surface area contributed by atoms with Gasteiger partial charge in [0.2, 0.25) is 0 Å². The van der Waals surface area contributed by atoms with E-state index < -0.39 is 0 Å². The molecule has 0 heterocycles. The molecule has 118 valence electrons. The second-order valence-electron chi connectivity index (χ2n) is 5.57. The van der Waals surface area contributed by atoms with Gasteiger partial charge < -0.3 is 14.8 Å². The SMILES string of the molecule is CCCNC1CC(OCc2ccccc2Cl)C1OCCC. The van der Waals surface area contributed by atoms with E-state index in [0.717, 1.165) is 43.0 Å². The number of ether oxygens (including phenoxy) is 2. The zero-order valence-corrected chi connectivity index (χ0v) is 13.7. The molecule has 21 heavy (non-hydrogen) atoms. The molecule has 0 saturated heterocycles. The van der Waals surface area contributed by atoms with Gasteiger partial charge in [-0.1, -0.05) is 43.6 Å². The van der Waals surface area contributed by atoms with Crippen LogP contribution in [0.3, 0.4) is 0 Å². The largest absolute Gasteiger partial charge is 0.374 e. The Labute approximate surface area is 133 Å². The van der Waals surface area contributed by atoms with Crippen LogP contribution in [0.15, 0.2) is 24.3 Å². The van der Waals surface area contributed by atoms with E-state index in [0.29, 0.717) is 12.6 Å². The molecule has 0 radical (unpaired) electrons. The lowest BCUT2D eigenvalue weighted by molar-refractivity contribution is -0.152. The quantitative estimate of drug-likeness (QED) is 0.752. The highest BCUT2D eigenvalue weighted by Gasteiger charge is 2.42. The predicted molar refractivity (Wildman–Crippen MR) is 86.8 cm³/mol. The van der Waals surface area contributed by atoms with Crippen LogP contribution in [0.2, 0.25) is 5.02 Å². The Morgan fingerprint density at radius 1 is 1.19 bits per heavy atom. The van der Waals surface area contributed by atoms with Crippen molar-refractivity contribution in [3.05, 3.63) is 34.9 Å². The summed E-state index contributed by atoms with van der Waals surface area (Å²) in [6, 6.07) is 8.26. The van der Waals surface area contributed by atoms with Crippen LogP contribution >= 0.6 is 11.6 Å². The number of hydrogen-bond acceptors (Lipinski definition) is 3. The Hall–Kier alpha value is -0.610. The summed E-state index contributed by atoms with van der Waals surface area (Å²) in [5.41, 5.74) is 1.04. The number of halogens is 1. The van der Waals surface area contributed by atoms with Crippen molar-refractivity contribution in [3.63, 3.8) is 0 Å². The third-order valence-electron chi connectivity index (χ3n) is 3.83. The third-order valence-corrected chi connectivity index (χ3v) is 4.20. The first-order valence-corrected chi connectivity index (χ1v) is 8.34. The van der Waals surface area contributed by atoms with E-state index in [1.165, 1.54) is 0 Å². The molecule has 1 aliphatic rings. The van der Waals surface area contributed by atoms with Crippen molar-refractivity contribution >= 4 is 11.6 Å². The first kappa shape index (κ1) is 16.8. The van der Waals surface area contributed by atoms with E-state index in [1.54, 1.807) is 0 Å². The maximum atomic E-state index is 6.16. The van der Waals surface area contributed by atoms with E-state index in [-0.39, 0.29) is 12.2 Å². The van der Waals surface area contributed by atoms with Crippen molar-refractivity contribution in [2.75, 3.05) is 13.2 Å². The molecule has 1 aromatic rings. The normalized spacial score (nSPS) is 24.8. The Morgan fingerprint density at radius 3 is 2.71 bits per heavy atom. The summed E-state index contributed by atoms with van der Waals surface area (Å²) in [5, 5.41) is 4.30. The molecule has 1 aromatic carbocycles. The lowest BCUT2D eigenvalue weighted by Gasteiger charge is -2.44. The smallest absolute Gasteiger partial charge is 0.0990 e. The third kappa shape index (κ3) is 4.68. The van der Waals surface area contributed by atoms with Gasteiger partial charge in [0.15, 0.2) is 0 Å². The Balaban J connectivity index is 1.83. The van der Waals surface area contributed by atoms with Gasteiger partial charge in [-0.05, 0) is 37.4 Å². The van der Waals surface area contributed by atoms with Crippen LogP contribution in [0.1, 0.15) is 38.7 Å². The second kappa shape index (κ2) is 8.74. The Kier molecular flexibility index (Phi) is 6.97. The molecule has 1 fully saturated rings. The monoisotopic (exact) mass is 311 g/mol. The maximum absolute atomic E-state index is 6.16. The number of nitrogens with one attached hydrogen (secondary N) is 1. The maximum Gasteiger partial charge on any atom is 0.0990 e. The lowest BCUT2D eigenvalue weighted by Crippen LogP contribution is -2.60. The average Bonchev–Trinajstić information content (AvgIpc) is 2.48. The molecule has 1 aliphatic carbocycles. The van der Waals surface area contributed by atoms with E-state index in [4.69, 9.17) is 21.1 Å². The summed E-state index contributed by atoms with van der Waals surface area (Å²) in [5.74, 6) is 0. The van der Waals surface area contributed by atoms with Gasteiger partial charge in [-0.15, -0.1) is 0 Å². The van der Waals surface area contributed by atoms with Crippen LogP contribution in [-0.4, -0.2) is 31.4 Å². The predicted octanol–water partition coefficient (Wildman–Crippen LogP) is 3.79. The van der Waals surface area contributed by atoms with Crippen molar-refractivity contribution < 1.29 is 9.47 Å². The minimum absolute atomic E-state index is 0.166. The van der Waals surface area contributed by atoms with Crippen LogP contribution < -0.4 is 5.32 Å². The highest BCUT2D eigenvalue weighted by atomic mass is 35.5. The van der Waals surface area contributed by atoms with Crippen LogP contribution in [0.25, 0.3) is 0 Å². The molecule has 0 amide bonds. The highest BCUT2D eigenvalue weighted by Crippen LogP contribution is 2.29. The summed E-state index contributed by atoms with van der Waals surface area (Å²) >= 11 is 6.16. The van der Waals surface area contributed by atoms with E-state index in [9.17, 15) is 0 Å². The standard InChI is InChI=1S/C17H26ClNO2/c1-3-9-19-15-11-16(17(15)20-10-4-2)21-12-13-7-5-6-8-14(13)18/h5-8,15-17,19H,3-4,9-12H2,1-2H3. The van der Waals surface area contributed by atoms with Gasteiger partial charge >= 0.3 is 0 Å². The highest BCUT2D eigenvalue weighted by molar-refractivity contribution is 6.31. The molecule has 0 aromatic heterocycles. The van der Waals surface area contributed by atoms with Crippen LogP contribution in [0, 0.1) is 0 Å². The van der Waals surface area contributed by atoms with Gasteiger partial charge in [-0.25, -0.2) is 0 Å². The topological polar surface area (TPSA) is 30.5 Å². The van der Waals surface area contributed by atoms with Crippen LogP contribution in [-0.2, 0) is 16.1 Å². The fourth-order valence-corrected chi connectivity index (χ4v) is 2.75. The van der Waals surface area contributed by atoms with Crippen molar-refractivity contribution in [3.8, 4) is 0 Å². The van der Waals surface area contributed by atoms with Gasteiger partial charge in [0.1, 0.15) is 0 Å². The zero-order chi connectivity index (χ0) is 15.1. The fourth-order valence-electron chi connectivity index (χ4n) is 2.56. The zero-order valence-electron chi connectivity index (χ0n) is 13.0. The number of rotatable bonds is 9. The summed E-state index contributed by atoms with van der Waals surface area (Å²) in [6.45, 7) is 6.69. The van der Waals surface area contributed by atoms with Crippen LogP contribution in [0.5, 0.6) is 0 Å². The summed E-state index contributed by atoms with van der Waals surface area (Å²) < 4.78 is 12.0. The fraction of sp³-hybridized carbons (Fsp3) is 0.647. The molecule has 1 saturated carbocycles. The van der Waals surface area contributed by atoms with E-state index in [1.807, 2.05) is 24.3 Å². The van der Waals surface area contributed by atoms with E-state index >= 15 is 0 Å². The summed E-state index contributed by atoms with van der Waals surface area (Å²) in [4.78, 5) is 0. The summed E-state index contributed by atoms with van der Waals surface area (Å²) in [7, 11) is 0. The molecule has 2 rings (SSSR count). The Bertz CT molecular complexity index is 427. The minimum atomic E-state index is 0.166.